The first-order valence-corrected chi connectivity index (χ1v) is 13.2. The number of para-hydroxylation sites is 1. The molecule has 0 spiro atoms. The van der Waals surface area contributed by atoms with E-state index in [-0.39, 0.29) is 5.78 Å². The molecule has 0 aliphatic carbocycles. The number of carbonyl (C=O) groups excluding carboxylic acids is 1. The number of nitrogens with one attached hydrogen (secondary N) is 1. The molecule has 2 aromatic heterocycles. The Morgan fingerprint density at radius 1 is 0.895 bits per heavy atom. The number of hydrogen-bond donors (Lipinski definition) is 1. The number of benzene rings is 3. The van der Waals surface area contributed by atoms with Gasteiger partial charge in [-0.1, -0.05) is 61.9 Å². The summed E-state index contributed by atoms with van der Waals surface area (Å²) in [6, 6.07) is 24.0. The van der Waals surface area contributed by atoms with E-state index in [0.29, 0.717) is 17.1 Å². The summed E-state index contributed by atoms with van der Waals surface area (Å²) in [6.07, 6.45) is 8.03. The summed E-state index contributed by atoms with van der Waals surface area (Å²) in [7, 11) is 3.21. The largest absolute Gasteiger partial charge is 0.497 e. The maximum Gasteiger partial charge on any atom is 0.195 e. The van der Waals surface area contributed by atoms with E-state index in [9.17, 15) is 4.79 Å². The van der Waals surface area contributed by atoms with Crippen LogP contribution >= 0.6 is 0 Å². The van der Waals surface area contributed by atoms with E-state index in [1.54, 1.807) is 32.4 Å². The van der Waals surface area contributed by atoms with Crippen molar-refractivity contribution < 1.29 is 14.3 Å². The van der Waals surface area contributed by atoms with Gasteiger partial charge in [0.15, 0.2) is 5.78 Å². The Morgan fingerprint density at radius 2 is 1.61 bits per heavy atom. The fourth-order valence-corrected chi connectivity index (χ4v) is 5.16. The molecule has 2 heterocycles. The smallest absolute Gasteiger partial charge is 0.195 e. The highest BCUT2D eigenvalue weighted by Gasteiger charge is 2.25. The van der Waals surface area contributed by atoms with Crippen LogP contribution in [0, 0.1) is 0 Å². The third-order valence-electron chi connectivity index (χ3n) is 7.18. The first kappa shape index (κ1) is 25.4. The Kier molecular flexibility index (Phi) is 7.64. The lowest BCUT2D eigenvalue weighted by atomic mass is 9.94. The number of methoxy groups -OCH3 is 2. The van der Waals surface area contributed by atoms with Gasteiger partial charge in [0, 0.05) is 52.7 Å². The molecule has 0 unspecified atom stereocenters. The van der Waals surface area contributed by atoms with Gasteiger partial charge in [0.1, 0.15) is 11.5 Å². The first-order valence-electron chi connectivity index (χ1n) is 13.2. The topological polar surface area (TPSA) is 56.2 Å². The Morgan fingerprint density at radius 3 is 2.32 bits per heavy atom. The van der Waals surface area contributed by atoms with Crippen LogP contribution in [-0.2, 0) is 19.4 Å². The van der Waals surface area contributed by atoms with Crippen molar-refractivity contribution in [2.24, 2.45) is 0 Å². The van der Waals surface area contributed by atoms with Gasteiger partial charge in [0.25, 0.3) is 0 Å². The first-order chi connectivity index (χ1) is 18.6. The molecule has 0 radical (unpaired) electrons. The molecule has 1 N–H and O–H groups in total. The van der Waals surface area contributed by atoms with E-state index in [1.807, 2.05) is 18.2 Å². The van der Waals surface area contributed by atoms with E-state index in [1.165, 1.54) is 10.9 Å². The van der Waals surface area contributed by atoms with Gasteiger partial charge < -0.3 is 19.0 Å². The number of unbranched alkanes of at least 4 members (excludes halogenated alkanes) is 1. The van der Waals surface area contributed by atoms with Gasteiger partial charge in [-0.05, 0) is 48.6 Å². The number of ether oxygens (including phenoxy) is 2. The molecule has 0 aliphatic rings. The summed E-state index contributed by atoms with van der Waals surface area (Å²) in [5.74, 6) is 1.18. The zero-order chi connectivity index (χ0) is 26.5. The number of aromatic amines is 1. The van der Waals surface area contributed by atoms with Crippen molar-refractivity contribution in [1.29, 1.82) is 0 Å². The van der Waals surface area contributed by atoms with Crippen LogP contribution in [0.4, 0.5) is 0 Å². The minimum atomic E-state index is -0.0157. The van der Waals surface area contributed by atoms with Crippen LogP contribution in [0.3, 0.4) is 0 Å². The SMILES string of the molecule is CCCCc1c(C(=O)c2cc(OC)cc(OC)c2)c(-c2ccccc2)cn1CCc1c[nH]c2ccccc12. The molecule has 0 amide bonds. The second-order valence-corrected chi connectivity index (χ2v) is 9.57. The number of fused-ring (bicyclic) bond motifs is 1. The standard InChI is InChI=1S/C33H34N2O3/c1-4-5-15-31-32(33(36)25-18-26(37-2)20-27(19-25)38-3)29(23-11-7-6-8-12-23)22-35(31)17-16-24-21-34-30-14-10-9-13-28(24)30/h6-14,18-22,34H,4-5,15-17H2,1-3H3. The van der Waals surface area contributed by atoms with Crippen LogP contribution in [0.2, 0.25) is 0 Å². The van der Waals surface area contributed by atoms with Crippen LogP contribution in [0.5, 0.6) is 11.5 Å². The van der Waals surface area contributed by atoms with E-state index < -0.39 is 0 Å². The second kappa shape index (κ2) is 11.4. The summed E-state index contributed by atoms with van der Waals surface area (Å²) in [6.45, 7) is 2.97. The van der Waals surface area contributed by atoms with Gasteiger partial charge in [-0.3, -0.25) is 4.79 Å². The Hall–Kier alpha value is -4.25. The molecular weight excluding hydrogens is 472 g/mol. The molecule has 0 aliphatic heterocycles. The van der Waals surface area contributed by atoms with Crippen LogP contribution < -0.4 is 9.47 Å². The van der Waals surface area contributed by atoms with E-state index >= 15 is 0 Å². The van der Waals surface area contributed by atoms with Gasteiger partial charge in [0.05, 0.1) is 19.8 Å². The summed E-state index contributed by atoms with van der Waals surface area (Å²) in [4.78, 5) is 17.6. The molecule has 0 bridgehead atoms. The fraction of sp³-hybridized carbons (Fsp3) is 0.242. The number of rotatable bonds is 11. The lowest BCUT2D eigenvalue weighted by molar-refractivity contribution is 0.103. The summed E-state index contributed by atoms with van der Waals surface area (Å²) >= 11 is 0. The lowest BCUT2D eigenvalue weighted by Crippen LogP contribution is -2.10. The third-order valence-corrected chi connectivity index (χ3v) is 7.18. The van der Waals surface area contributed by atoms with E-state index in [2.05, 4.69) is 65.3 Å². The number of H-pyrrole nitrogens is 1. The van der Waals surface area contributed by atoms with Crippen molar-refractivity contribution in [1.82, 2.24) is 9.55 Å². The zero-order valence-electron chi connectivity index (χ0n) is 22.3. The molecule has 5 rings (SSSR count). The number of carbonyl (C=O) groups is 1. The zero-order valence-corrected chi connectivity index (χ0v) is 22.3. The normalized spacial score (nSPS) is 11.1. The third kappa shape index (κ3) is 5.10. The van der Waals surface area contributed by atoms with Crippen molar-refractivity contribution in [3.8, 4) is 22.6 Å². The van der Waals surface area contributed by atoms with Crippen molar-refractivity contribution in [3.05, 3.63) is 108 Å². The fourth-order valence-electron chi connectivity index (χ4n) is 5.16. The monoisotopic (exact) mass is 506 g/mol. The van der Waals surface area contributed by atoms with Gasteiger partial charge in [0.2, 0.25) is 0 Å². The van der Waals surface area contributed by atoms with Gasteiger partial charge in [-0.2, -0.15) is 0 Å². The van der Waals surface area contributed by atoms with Gasteiger partial charge in [-0.15, -0.1) is 0 Å². The van der Waals surface area contributed by atoms with Crippen LogP contribution in [0.15, 0.2) is 85.2 Å². The second-order valence-electron chi connectivity index (χ2n) is 9.57. The van der Waals surface area contributed by atoms with E-state index in [0.717, 1.165) is 60.1 Å². The quantitative estimate of drug-likeness (QED) is 0.189. The molecule has 3 aromatic carbocycles. The number of nitrogens with zero attached hydrogens (tertiary/aromatic N) is 1. The molecule has 0 fully saturated rings. The number of aryl methyl sites for hydroxylation is 2. The lowest BCUT2D eigenvalue weighted by Gasteiger charge is -2.13. The highest BCUT2D eigenvalue weighted by molar-refractivity contribution is 6.14. The maximum atomic E-state index is 14.3. The highest BCUT2D eigenvalue weighted by Crippen LogP contribution is 2.34. The minimum Gasteiger partial charge on any atom is -0.497 e. The molecule has 5 heteroatoms. The molecule has 0 saturated heterocycles. The highest BCUT2D eigenvalue weighted by atomic mass is 16.5. The summed E-state index contributed by atoms with van der Waals surface area (Å²) in [5.41, 5.74) is 6.83. The van der Waals surface area contributed by atoms with Gasteiger partial charge >= 0.3 is 0 Å². The molecular formula is C33H34N2O3. The number of hydrogen-bond acceptors (Lipinski definition) is 3. The van der Waals surface area contributed by atoms with Crippen molar-refractivity contribution in [2.75, 3.05) is 14.2 Å². The summed E-state index contributed by atoms with van der Waals surface area (Å²) in [5, 5.41) is 1.25. The van der Waals surface area contributed by atoms with Crippen molar-refractivity contribution >= 4 is 16.7 Å². The molecule has 0 atom stereocenters. The van der Waals surface area contributed by atoms with Gasteiger partial charge in [-0.25, -0.2) is 0 Å². The van der Waals surface area contributed by atoms with Crippen LogP contribution in [0.25, 0.3) is 22.0 Å². The predicted octanol–water partition coefficient (Wildman–Crippen LogP) is 7.47. The Bertz CT molecular complexity index is 1520. The molecule has 5 aromatic rings. The van der Waals surface area contributed by atoms with E-state index in [4.69, 9.17) is 9.47 Å². The maximum absolute atomic E-state index is 14.3. The molecule has 38 heavy (non-hydrogen) atoms. The van der Waals surface area contributed by atoms with Crippen LogP contribution in [-0.4, -0.2) is 29.6 Å². The minimum absolute atomic E-state index is 0.0157. The number of ketones is 1. The van der Waals surface area contributed by atoms with Crippen LogP contribution in [0.1, 0.15) is 46.9 Å². The van der Waals surface area contributed by atoms with Crippen molar-refractivity contribution in [3.63, 3.8) is 0 Å². The molecule has 5 nitrogen and oxygen atoms in total. The molecule has 194 valence electrons. The predicted molar refractivity (Wildman–Crippen MR) is 153 cm³/mol. The van der Waals surface area contributed by atoms with Crippen molar-refractivity contribution in [2.45, 2.75) is 39.2 Å². The molecule has 0 saturated carbocycles. The Balaban J connectivity index is 1.61. The summed E-state index contributed by atoms with van der Waals surface area (Å²) < 4.78 is 13.2. The number of aromatic nitrogens is 2. The average Bonchev–Trinajstić information content (AvgIpc) is 3.55. The average molecular weight is 507 g/mol. The Labute approximate surface area is 224 Å².